The second-order valence-corrected chi connectivity index (χ2v) is 6.85. The van der Waals surface area contributed by atoms with Crippen LogP contribution in [0, 0.1) is 0 Å². The second-order valence-electron chi connectivity index (χ2n) is 4.26. The van der Waals surface area contributed by atoms with Crippen molar-refractivity contribution in [2.75, 3.05) is 39.6 Å². The maximum Gasteiger partial charge on any atom is 0.329 e. The van der Waals surface area contributed by atoms with E-state index in [0.29, 0.717) is 13.2 Å². The van der Waals surface area contributed by atoms with Crippen molar-refractivity contribution in [3.63, 3.8) is 0 Å². The Kier molecular flexibility index (Phi) is 10.6. The predicted octanol–water partition coefficient (Wildman–Crippen LogP) is 1.05. The highest BCUT2D eigenvalue weighted by Gasteiger charge is 2.23. The van der Waals surface area contributed by atoms with Gasteiger partial charge in [-0.2, -0.15) is 0 Å². The van der Waals surface area contributed by atoms with E-state index in [9.17, 15) is 9.59 Å². The van der Waals surface area contributed by atoms with E-state index in [1.54, 1.807) is 21.6 Å². The Bertz CT molecular complexity index is 301. The summed E-state index contributed by atoms with van der Waals surface area (Å²) in [5.41, 5.74) is 0.0862. The first-order chi connectivity index (χ1) is 10.6. The van der Waals surface area contributed by atoms with Gasteiger partial charge in [-0.05, 0) is 12.8 Å². The number of carboxylic acid groups (broad SMARTS) is 2. The van der Waals surface area contributed by atoms with Crippen molar-refractivity contribution in [1.29, 1.82) is 0 Å². The Morgan fingerprint density at radius 1 is 0.818 bits per heavy atom. The average Bonchev–Trinajstić information content (AvgIpc) is 2.47. The van der Waals surface area contributed by atoms with Crippen molar-refractivity contribution < 1.29 is 38.7 Å². The summed E-state index contributed by atoms with van der Waals surface area (Å²) < 4.78 is 20.9. The lowest BCUT2D eigenvalue weighted by atomic mass is 10.3. The zero-order chi connectivity index (χ0) is 16.2. The molecule has 0 radical (unpaired) electrons. The molecule has 22 heavy (non-hydrogen) atoms. The first-order valence-electron chi connectivity index (χ1n) is 6.72. The van der Waals surface area contributed by atoms with Gasteiger partial charge in [0.05, 0.1) is 26.4 Å². The van der Waals surface area contributed by atoms with E-state index in [-0.39, 0.29) is 37.3 Å². The van der Waals surface area contributed by atoms with Crippen LogP contribution in [0.25, 0.3) is 0 Å². The third-order valence-electron chi connectivity index (χ3n) is 2.42. The Morgan fingerprint density at radius 3 is 1.55 bits per heavy atom. The highest BCUT2D eigenvalue weighted by molar-refractivity contribution is 8.77. The first kappa shape index (κ1) is 19.5. The van der Waals surface area contributed by atoms with Gasteiger partial charge in [-0.25, -0.2) is 9.59 Å². The smallest absolute Gasteiger partial charge is 0.329 e. The van der Waals surface area contributed by atoms with Crippen molar-refractivity contribution in [3.05, 3.63) is 0 Å². The molecule has 1 fully saturated rings. The van der Waals surface area contributed by atoms with Crippen LogP contribution in [0.3, 0.4) is 0 Å². The van der Waals surface area contributed by atoms with E-state index in [4.69, 9.17) is 29.2 Å². The molecule has 0 aromatic rings. The van der Waals surface area contributed by atoms with Gasteiger partial charge in [0.15, 0.2) is 0 Å². The topological polar surface area (TPSA) is 112 Å². The van der Waals surface area contributed by atoms with Crippen molar-refractivity contribution in [1.82, 2.24) is 0 Å². The predicted molar refractivity (Wildman–Crippen MR) is 80.8 cm³/mol. The SMILES string of the molecule is O=C(O)COCCOC1CC[C@@H](OCCOCC(=O)O)SS1. The van der Waals surface area contributed by atoms with Gasteiger partial charge in [0.25, 0.3) is 0 Å². The lowest BCUT2D eigenvalue weighted by Crippen LogP contribution is -2.22. The van der Waals surface area contributed by atoms with E-state index in [1.165, 1.54) is 0 Å². The molecule has 8 nitrogen and oxygen atoms in total. The lowest BCUT2D eigenvalue weighted by molar-refractivity contribution is -0.143. The average molecular weight is 356 g/mol. The molecule has 0 aliphatic carbocycles. The normalized spacial score (nSPS) is 21.6. The third-order valence-corrected chi connectivity index (χ3v) is 5.33. The van der Waals surface area contributed by atoms with Gasteiger partial charge < -0.3 is 29.2 Å². The Morgan fingerprint density at radius 2 is 1.23 bits per heavy atom. The Labute approximate surface area is 136 Å². The largest absolute Gasteiger partial charge is 0.480 e. The van der Waals surface area contributed by atoms with Crippen molar-refractivity contribution in [3.8, 4) is 0 Å². The summed E-state index contributed by atoms with van der Waals surface area (Å²) in [6, 6.07) is 0. The maximum absolute atomic E-state index is 10.2. The number of carbonyl (C=O) groups is 2. The number of ether oxygens (including phenoxy) is 4. The molecule has 0 bridgehead atoms. The summed E-state index contributed by atoms with van der Waals surface area (Å²) in [7, 11) is 3.13. The molecule has 1 aliphatic rings. The number of carboxylic acids is 2. The van der Waals surface area contributed by atoms with Crippen LogP contribution in [0.5, 0.6) is 0 Å². The molecule has 2 atom stereocenters. The molecule has 1 heterocycles. The monoisotopic (exact) mass is 356 g/mol. The summed E-state index contributed by atoms with van der Waals surface area (Å²) in [6.07, 6.45) is 1.66. The van der Waals surface area contributed by atoms with Gasteiger partial charge in [0.2, 0.25) is 0 Å². The fourth-order valence-corrected chi connectivity index (χ4v) is 4.18. The van der Waals surface area contributed by atoms with E-state index in [0.717, 1.165) is 12.8 Å². The molecule has 0 amide bonds. The molecule has 0 saturated carbocycles. The van der Waals surface area contributed by atoms with Gasteiger partial charge in [0, 0.05) is 0 Å². The summed E-state index contributed by atoms with van der Waals surface area (Å²) >= 11 is 0. The zero-order valence-corrected chi connectivity index (χ0v) is 13.6. The minimum Gasteiger partial charge on any atom is -0.480 e. The molecule has 10 heteroatoms. The third kappa shape index (κ3) is 10.2. The molecule has 1 saturated heterocycles. The standard InChI is InChI=1S/C12H20O8S2/c13-9(14)7-17-3-5-19-11-1-2-12(22-21-11)20-6-4-18-8-10(15)16/h11-12H,1-8H2,(H,13,14)(H,15,16)/t11-,12?/m0/s1. The van der Waals surface area contributed by atoms with Gasteiger partial charge in [-0.15, -0.1) is 0 Å². The van der Waals surface area contributed by atoms with Crippen LogP contribution in [0.15, 0.2) is 0 Å². The molecule has 2 N–H and O–H groups in total. The molecule has 0 spiro atoms. The number of hydrogen-bond donors (Lipinski definition) is 2. The fraction of sp³-hybridized carbons (Fsp3) is 0.833. The van der Waals surface area contributed by atoms with E-state index < -0.39 is 11.9 Å². The molecule has 128 valence electrons. The minimum atomic E-state index is -0.991. The molecule has 0 aromatic carbocycles. The van der Waals surface area contributed by atoms with Crippen molar-refractivity contribution in [2.45, 2.75) is 23.7 Å². The molecular formula is C12H20O8S2. The van der Waals surface area contributed by atoms with Gasteiger partial charge in [-0.3, -0.25) is 0 Å². The molecule has 0 aromatic heterocycles. The van der Waals surface area contributed by atoms with E-state index in [2.05, 4.69) is 0 Å². The highest BCUT2D eigenvalue weighted by Crippen LogP contribution is 2.41. The van der Waals surface area contributed by atoms with Crippen LogP contribution in [0.1, 0.15) is 12.8 Å². The van der Waals surface area contributed by atoms with Crippen LogP contribution in [0.2, 0.25) is 0 Å². The Balaban J connectivity index is 1.94. The summed E-state index contributed by atoms with van der Waals surface area (Å²) in [5.74, 6) is -1.98. The van der Waals surface area contributed by atoms with Crippen LogP contribution in [0.4, 0.5) is 0 Å². The maximum atomic E-state index is 10.2. The van der Waals surface area contributed by atoms with Crippen LogP contribution < -0.4 is 0 Å². The summed E-state index contributed by atoms with van der Waals surface area (Å²) in [4.78, 5) is 20.5. The van der Waals surface area contributed by atoms with E-state index in [1.807, 2.05) is 0 Å². The summed E-state index contributed by atoms with van der Waals surface area (Å²) in [6.45, 7) is 0.620. The fourth-order valence-electron chi connectivity index (χ4n) is 1.51. The first-order valence-corrected chi connectivity index (χ1v) is 9.00. The molecule has 1 aliphatic heterocycles. The Hall–Kier alpha value is -0.520. The zero-order valence-electron chi connectivity index (χ0n) is 12.0. The molecule has 1 unspecified atom stereocenters. The lowest BCUT2D eigenvalue weighted by Gasteiger charge is -2.27. The van der Waals surface area contributed by atoms with Gasteiger partial charge >= 0.3 is 11.9 Å². The number of aliphatic carboxylic acids is 2. The van der Waals surface area contributed by atoms with Gasteiger partial charge in [-0.1, -0.05) is 21.6 Å². The second kappa shape index (κ2) is 12.0. The molecular weight excluding hydrogens is 336 g/mol. The van der Waals surface area contributed by atoms with Gasteiger partial charge in [0.1, 0.15) is 24.1 Å². The van der Waals surface area contributed by atoms with Crippen LogP contribution >= 0.6 is 21.6 Å². The molecule has 1 rings (SSSR count). The van der Waals surface area contributed by atoms with Crippen LogP contribution in [-0.4, -0.2) is 72.7 Å². The number of rotatable bonds is 12. The quantitative estimate of drug-likeness (QED) is 0.389. The minimum absolute atomic E-state index is 0.0431. The summed E-state index contributed by atoms with van der Waals surface area (Å²) in [5, 5.41) is 16.8. The van der Waals surface area contributed by atoms with Crippen LogP contribution in [-0.2, 0) is 28.5 Å². The van der Waals surface area contributed by atoms with E-state index >= 15 is 0 Å². The van der Waals surface area contributed by atoms with Crippen molar-refractivity contribution in [2.24, 2.45) is 0 Å². The van der Waals surface area contributed by atoms with Crippen molar-refractivity contribution >= 4 is 33.5 Å². The number of hydrogen-bond acceptors (Lipinski definition) is 8. The highest BCUT2D eigenvalue weighted by atomic mass is 33.1.